The number of para-hydroxylation sites is 1. The molecule has 0 aliphatic heterocycles. The van der Waals surface area contributed by atoms with E-state index in [0.717, 1.165) is 18.9 Å². The largest absolute Gasteiger partial charge is 0.418 e. The molecule has 1 amide bonds. The normalized spacial score (nSPS) is 14.0. The number of alkyl halides is 3. The van der Waals surface area contributed by atoms with E-state index in [1.54, 1.807) is 49.6 Å². The molecule has 1 N–H and O–H groups in total. The van der Waals surface area contributed by atoms with E-state index in [0.29, 0.717) is 22.6 Å². The summed E-state index contributed by atoms with van der Waals surface area (Å²) in [6.07, 6.45) is 0.537. The summed E-state index contributed by atoms with van der Waals surface area (Å²) < 4.78 is 42.4. The molecule has 1 fully saturated rings. The van der Waals surface area contributed by atoms with Crippen LogP contribution in [-0.2, 0) is 6.18 Å². The first-order chi connectivity index (χ1) is 15.3. The number of hydrogen-bond donors (Lipinski definition) is 1. The molecular weight excluding hydrogens is 419 g/mol. The number of rotatable bonds is 4. The number of nitrogens with zero attached hydrogens (tertiary/aromatic N) is 4. The number of fused-ring (bicyclic) bond motifs is 1. The third-order valence-electron chi connectivity index (χ3n) is 5.29. The molecule has 3 aromatic heterocycles. The molecule has 0 bridgehead atoms. The molecule has 1 aliphatic rings. The Morgan fingerprint density at radius 2 is 1.97 bits per heavy atom. The minimum absolute atomic E-state index is 0.146. The zero-order valence-corrected chi connectivity index (χ0v) is 17.0. The minimum atomic E-state index is -4.55. The Morgan fingerprint density at radius 1 is 1.16 bits per heavy atom. The molecule has 162 valence electrons. The summed E-state index contributed by atoms with van der Waals surface area (Å²) >= 11 is 0. The molecule has 1 aromatic carbocycles. The Balaban J connectivity index is 1.75. The van der Waals surface area contributed by atoms with Gasteiger partial charge in [-0.25, -0.2) is 4.68 Å². The van der Waals surface area contributed by atoms with Gasteiger partial charge in [0.25, 0.3) is 5.91 Å². The van der Waals surface area contributed by atoms with Crippen LogP contribution in [0.1, 0.15) is 34.6 Å². The van der Waals surface area contributed by atoms with Crippen LogP contribution in [-0.4, -0.2) is 31.7 Å². The summed E-state index contributed by atoms with van der Waals surface area (Å²) in [5, 5.41) is 7.67. The molecule has 3 heterocycles. The lowest BCUT2D eigenvalue weighted by atomic mass is 10.1. The van der Waals surface area contributed by atoms with Gasteiger partial charge in [-0.2, -0.15) is 18.3 Å². The van der Waals surface area contributed by atoms with E-state index < -0.39 is 11.7 Å². The van der Waals surface area contributed by atoms with Gasteiger partial charge in [0.2, 0.25) is 0 Å². The van der Waals surface area contributed by atoms with E-state index in [1.165, 1.54) is 10.7 Å². The van der Waals surface area contributed by atoms with Crippen molar-refractivity contribution in [2.75, 3.05) is 0 Å². The number of benzene rings is 1. The molecular formula is C23H18F3N5O. The molecule has 1 aliphatic carbocycles. The van der Waals surface area contributed by atoms with Gasteiger partial charge in [0.15, 0.2) is 5.69 Å². The average molecular weight is 437 g/mol. The monoisotopic (exact) mass is 437 g/mol. The van der Waals surface area contributed by atoms with Gasteiger partial charge in [-0.1, -0.05) is 12.1 Å². The standard InChI is InChI=1S/C23H18F3N5O/c1-13-10-20(16-5-2-6-17(21(16)28-13)23(24,25)26)31-19(14-4-3-9-27-12-14)11-18(30-31)22(32)29-15-7-8-15/h2-6,9-12,15H,7-8H2,1H3,(H,29,32). The van der Waals surface area contributed by atoms with E-state index in [1.807, 2.05) is 0 Å². The highest BCUT2D eigenvalue weighted by Gasteiger charge is 2.34. The van der Waals surface area contributed by atoms with Gasteiger partial charge in [0.05, 0.1) is 22.5 Å². The van der Waals surface area contributed by atoms with Crippen molar-refractivity contribution in [2.45, 2.75) is 32.0 Å². The Labute approximate surface area is 181 Å². The summed E-state index contributed by atoms with van der Waals surface area (Å²) in [5.41, 5.74) is 1.24. The molecule has 0 saturated heterocycles. The molecule has 5 rings (SSSR count). The fourth-order valence-corrected chi connectivity index (χ4v) is 3.64. The van der Waals surface area contributed by atoms with Gasteiger partial charge in [-0.05, 0) is 50.1 Å². The van der Waals surface area contributed by atoms with E-state index in [9.17, 15) is 18.0 Å². The van der Waals surface area contributed by atoms with Gasteiger partial charge in [-0.15, -0.1) is 0 Å². The summed E-state index contributed by atoms with van der Waals surface area (Å²) in [6.45, 7) is 1.63. The van der Waals surface area contributed by atoms with Crippen molar-refractivity contribution >= 4 is 16.8 Å². The number of amides is 1. The number of hydrogen-bond acceptors (Lipinski definition) is 4. The van der Waals surface area contributed by atoms with Crippen molar-refractivity contribution in [1.82, 2.24) is 25.1 Å². The second-order valence-electron chi connectivity index (χ2n) is 7.80. The molecule has 1 saturated carbocycles. The van der Waals surface area contributed by atoms with Crippen LogP contribution in [0.5, 0.6) is 0 Å². The summed E-state index contributed by atoms with van der Waals surface area (Å²) in [7, 11) is 0. The third-order valence-corrected chi connectivity index (χ3v) is 5.29. The molecule has 0 unspecified atom stereocenters. The maximum Gasteiger partial charge on any atom is 0.418 e. The van der Waals surface area contributed by atoms with Crippen molar-refractivity contribution in [3.05, 3.63) is 71.8 Å². The number of aryl methyl sites for hydroxylation is 1. The fraction of sp³-hybridized carbons (Fsp3) is 0.217. The van der Waals surface area contributed by atoms with Gasteiger partial charge < -0.3 is 5.32 Å². The lowest BCUT2D eigenvalue weighted by Gasteiger charge is -2.15. The van der Waals surface area contributed by atoms with E-state index >= 15 is 0 Å². The number of carbonyl (C=O) groups excluding carboxylic acids is 1. The average Bonchev–Trinajstić information content (AvgIpc) is 3.46. The molecule has 6 nitrogen and oxygen atoms in total. The lowest BCUT2D eigenvalue weighted by Crippen LogP contribution is -2.25. The number of nitrogens with one attached hydrogen (secondary N) is 1. The van der Waals surface area contributed by atoms with Crippen molar-refractivity contribution < 1.29 is 18.0 Å². The zero-order valence-electron chi connectivity index (χ0n) is 17.0. The van der Waals surface area contributed by atoms with Crippen LogP contribution in [0.4, 0.5) is 13.2 Å². The van der Waals surface area contributed by atoms with E-state index in [-0.39, 0.29) is 28.5 Å². The first-order valence-electron chi connectivity index (χ1n) is 10.1. The zero-order chi connectivity index (χ0) is 22.5. The second-order valence-corrected chi connectivity index (χ2v) is 7.80. The molecule has 4 aromatic rings. The summed E-state index contributed by atoms with van der Waals surface area (Å²) in [5.74, 6) is -0.317. The molecule has 9 heteroatoms. The highest BCUT2D eigenvalue weighted by atomic mass is 19.4. The highest BCUT2D eigenvalue weighted by molar-refractivity contribution is 5.95. The van der Waals surface area contributed by atoms with Gasteiger partial charge in [0, 0.05) is 35.1 Å². The van der Waals surface area contributed by atoms with Gasteiger partial charge in [-0.3, -0.25) is 14.8 Å². The number of halogens is 3. The molecule has 32 heavy (non-hydrogen) atoms. The highest BCUT2D eigenvalue weighted by Crippen LogP contribution is 2.36. The van der Waals surface area contributed by atoms with E-state index in [2.05, 4.69) is 20.4 Å². The SMILES string of the molecule is Cc1cc(-n2nc(C(=O)NC3CC3)cc2-c2cccnc2)c2cccc(C(F)(F)F)c2n1. The molecule has 0 radical (unpaired) electrons. The van der Waals surface area contributed by atoms with Crippen LogP contribution >= 0.6 is 0 Å². The Bertz CT molecular complexity index is 1330. The molecule has 0 atom stereocenters. The maximum atomic E-state index is 13.6. The van der Waals surface area contributed by atoms with Crippen molar-refractivity contribution in [1.29, 1.82) is 0 Å². The van der Waals surface area contributed by atoms with Crippen molar-refractivity contribution in [2.24, 2.45) is 0 Å². The van der Waals surface area contributed by atoms with Crippen LogP contribution in [0.3, 0.4) is 0 Å². The summed E-state index contributed by atoms with van der Waals surface area (Å²) in [4.78, 5) is 21.0. The van der Waals surface area contributed by atoms with Gasteiger partial charge in [0.1, 0.15) is 0 Å². The summed E-state index contributed by atoms with van der Waals surface area (Å²) in [6, 6.07) is 10.9. The fourth-order valence-electron chi connectivity index (χ4n) is 3.64. The number of pyridine rings is 2. The lowest BCUT2D eigenvalue weighted by molar-refractivity contribution is -0.136. The number of carbonyl (C=O) groups is 1. The Kier molecular flexibility index (Phi) is 4.69. The Morgan fingerprint density at radius 3 is 2.66 bits per heavy atom. The smallest absolute Gasteiger partial charge is 0.348 e. The van der Waals surface area contributed by atoms with E-state index in [4.69, 9.17) is 0 Å². The predicted molar refractivity (Wildman–Crippen MR) is 112 cm³/mol. The van der Waals surface area contributed by atoms with Gasteiger partial charge >= 0.3 is 6.18 Å². The van der Waals surface area contributed by atoms with Crippen LogP contribution in [0.2, 0.25) is 0 Å². The van der Waals surface area contributed by atoms with Crippen molar-refractivity contribution in [3.8, 4) is 16.9 Å². The van der Waals surface area contributed by atoms with Crippen molar-refractivity contribution in [3.63, 3.8) is 0 Å². The predicted octanol–water partition coefficient (Wildman–Crippen LogP) is 4.70. The number of aromatic nitrogens is 4. The second kappa shape index (κ2) is 7.44. The van der Waals surface area contributed by atoms with Crippen LogP contribution in [0, 0.1) is 6.92 Å². The van der Waals surface area contributed by atoms with Crippen LogP contribution in [0.25, 0.3) is 27.8 Å². The first-order valence-corrected chi connectivity index (χ1v) is 10.1. The topological polar surface area (TPSA) is 72.7 Å². The molecule has 0 spiro atoms. The quantitative estimate of drug-likeness (QED) is 0.502. The van der Waals surface area contributed by atoms with Crippen LogP contribution < -0.4 is 5.32 Å². The maximum absolute atomic E-state index is 13.6. The first kappa shape index (κ1) is 20.2. The Hall–Kier alpha value is -3.75. The minimum Gasteiger partial charge on any atom is -0.348 e. The van der Waals surface area contributed by atoms with Crippen LogP contribution in [0.15, 0.2) is 54.9 Å². The third kappa shape index (κ3) is 3.70.